The van der Waals surface area contributed by atoms with Crippen molar-refractivity contribution < 1.29 is 22.7 Å². The fraction of sp³-hybridized carbons (Fsp3) is 0.533. The molecule has 128 valence electrons. The molecule has 1 heterocycles. The molecule has 0 bridgehead atoms. The molecular formula is C15H22N2O5S. The predicted octanol–water partition coefficient (Wildman–Crippen LogP) is 1.49. The summed E-state index contributed by atoms with van der Waals surface area (Å²) >= 11 is 0. The summed E-state index contributed by atoms with van der Waals surface area (Å²) in [5, 5.41) is 2.73. The van der Waals surface area contributed by atoms with Gasteiger partial charge in [-0.2, -0.15) is 0 Å². The molecule has 2 rings (SSSR count). The number of amides is 1. The van der Waals surface area contributed by atoms with Gasteiger partial charge in [0.15, 0.2) is 11.5 Å². The molecule has 0 radical (unpaired) electrons. The van der Waals surface area contributed by atoms with Crippen molar-refractivity contribution in [3.63, 3.8) is 0 Å². The van der Waals surface area contributed by atoms with Gasteiger partial charge in [-0.05, 0) is 25.5 Å². The second-order valence-electron chi connectivity index (χ2n) is 5.15. The van der Waals surface area contributed by atoms with Gasteiger partial charge in [0.2, 0.25) is 22.7 Å². The Labute approximate surface area is 136 Å². The van der Waals surface area contributed by atoms with Crippen molar-refractivity contribution in [2.75, 3.05) is 29.9 Å². The van der Waals surface area contributed by atoms with E-state index in [0.717, 1.165) is 17.1 Å². The van der Waals surface area contributed by atoms with Gasteiger partial charge in [0.05, 0.1) is 11.4 Å². The van der Waals surface area contributed by atoms with Gasteiger partial charge in [-0.25, -0.2) is 8.42 Å². The number of nitrogens with zero attached hydrogens (tertiary/aromatic N) is 1. The van der Waals surface area contributed by atoms with Gasteiger partial charge < -0.3 is 14.8 Å². The first-order valence-corrected chi connectivity index (χ1v) is 9.25. The Morgan fingerprint density at radius 2 is 2.00 bits per heavy atom. The van der Waals surface area contributed by atoms with E-state index in [0.29, 0.717) is 23.7 Å². The van der Waals surface area contributed by atoms with Crippen LogP contribution in [0.5, 0.6) is 11.5 Å². The Bertz CT molecular complexity index is 660. The molecule has 1 aliphatic heterocycles. The van der Waals surface area contributed by atoms with Crippen LogP contribution in [0.15, 0.2) is 18.2 Å². The molecule has 0 aliphatic carbocycles. The lowest BCUT2D eigenvalue weighted by molar-refractivity contribution is -0.119. The predicted molar refractivity (Wildman–Crippen MR) is 87.3 cm³/mol. The second kappa shape index (κ2) is 7.54. The smallest absolute Gasteiger partial charge is 0.240 e. The van der Waals surface area contributed by atoms with Gasteiger partial charge in [-0.1, -0.05) is 13.3 Å². The lowest BCUT2D eigenvalue weighted by atomic mass is 10.2. The van der Waals surface area contributed by atoms with Crippen LogP contribution in [0.3, 0.4) is 0 Å². The summed E-state index contributed by atoms with van der Waals surface area (Å²) in [5.41, 5.74) is 0.391. The number of sulfonamides is 1. The molecule has 0 fully saturated rings. The van der Waals surface area contributed by atoms with Crippen LogP contribution in [0, 0.1) is 0 Å². The Balaban J connectivity index is 2.20. The van der Waals surface area contributed by atoms with Crippen LogP contribution in [0.25, 0.3) is 0 Å². The fourth-order valence-electron chi connectivity index (χ4n) is 2.14. The maximum absolute atomic E-state index is 12.3. The Morgan fingerprint density at radius 3 is 2.70 bits per heavy atom. The van der Waals surface area contributed by atoms with Crippen molar-refractivity contribution in [2.24, 2.45) is 0 Å². The number of nitrogens with one attached hydrogen (secondary N) is 1. The highest BCUT2D eigenvalue weighted by Crippen LogP contribution is 2.36. The third kappa shape index (κ3) is 4.28. The molecule has 1 aromatic carbocycles. The highest BCUT2D eigenvalue weighted by Gasteiger charge is 2.25. The monoisotopic (exact) mass is 342 g/mol. The van der Waals surface area contributed by atoms with E-state index in [4.69, 9.17) is 9.47 Å². The first-order chi connectivity index (χ1) is 11.0. The van der Waals surface area contributed by atoms with Crippen LogP contribution in [0.4, 0.5) is 5.69 Å². The Hall–Kier alpha value is -1.96. The summed E-state index contributed by atoms with van der Waals surface area (Å²) < 4.78 is 36.3. The number of fused-ring (bicyclic) bond motifs is 1. The number of unbranched alkanes of at least 4 members (excludes halogenated alkanes) is 1. The van der Waals surface area contributed by atoms with Crippen LogP contribution in [0.2, 0.25) is 0 Å². The molecule has 8 heteroatoms. The summed E-state index contributed by atoms with van der Waals surface area (Å²) in [6.07, 6.45) is 1.82. The number of carbonyl (C=O) groups excluding carboxylic acids is 1. The molecule has 1 aliphatic rings. The zero-order chi connectivity index (χ0) is 16.9. The largest absolute Gasteiger partial charge is 0.454 e. The Kier molecular flexibility index (Phi) is 5.70. The molecule has 1 amide bonds. The van der Waals surface area contributed by atoms with Gasteiger partial charge in [0.25, 0.3) is 0 Å². The van der Waals surface area contributed by atoms with Gasteiger partial charge in [0.1, 0.15) is 6.54 Å². The molecule has 7 nitrogen and oxygen atoms in total. The molecule has 1 aromatic rings. The van der Waals surface area contributed by atoms with E-state index in [1.54, 1.807) is 25.1 Å². The van der Waals surface area contributed by atoms with E-state index in [-0.39, 0.29) is 25.0 Å². The maximum Gasteiger partial charge on any atom is 0.240 e. The SMILES string of the molecule is CCCCNC(=O)CN(c1ccc2c(c1)OCO2)S(=O)(=O)CC. The van der Waals surface area contributed by atoms with E-state index in [2.05, 4.69) is 5.32 Å². The van der Waals surface area contributed by atoms with Gasteiger partial charge in [-0.3, -0.25) is 9.10 Å². The molecule has 0 saturated carbocycles. The summed E-state index contributed by atoms with van der Waals surface area (Å²) in [6.45, 7) is 3.96. The van der Waals surface area contributed by atoms with Crippen LogP contribution >= 0.6 is 0 Å². The van der Waals surface area contributed by atoms with Gasteiger partial charge in [-0.15, -0.1) is 0 Å². The standard InChI is InChI=1S/C15H22N2O5S/c1-3-5-8-16-15(18)10-17(23(19,20)4-2)12-6-7-13-14(9-12)22-11-21-13/h6-7,9H,3-5,8,10-11H2,1-2H3,(H,16,18). The average molecular weight is 342 g/mol. The number of hydrogen-bond acceptors (Lipinski definition) is 5. The highest BCUT2D eigenvalue weighted by molar-refractivity contribution is 7.92. The first kappa shape index (κ1) is 17.4. The fourth-order valence-corrected chi connectivity index (χ4v) is 3.20. The number of rotatable bonds is 8. The summed E-state index contributed by atoms with van der Waals surface area (Å²) in [7, 11) is -3.58. The molecule has 0 saturated heterocycles. The number of ether oxygens (including phenoxy) is 2. The molecule has 0 spiro atoms. The number of anilines is 1. The third-order valence-electron chi connectivity index (χ3n) is 3.48. The summed E-state index contributed by atoms with van der Waals surface area (Å²) in [4.78, 5) is 12.0. The lowest BCUT2D eigenvalue weighted by Gasteiger charge is -2.23. The topological polar surface area (TPSA) is 84.9 Å². The van der Waals surface area contributed by atoms with Crippen molar-refractivity contribution in [1.29, 1.82) is 0 Å². The van der Waals surface area contributed by atoms with Crippen molar-refractivity contribution in [3.05, 3.63) is 18.2 Å². The number of benzene rings is 1. The van der Waals surface area contributed by atoms with Crippen molar-refractivity contribution >= 4 is 21.6 Å². The van der Waals surface area contributed by atoms with Crippen LogP contribution in [-0.4, -0.2) is 40.0 Å². The second-order valence-corrected chi connectivity index (χ2v) is 7.33. The number of carbonyl (C=O) groups is 1. The minimum atomic E-state index is -3.58. The first-order valence-electron chi connectivity index (χ1n) is 7.64. The van der Waals surface area contributed by atoms with Crippen LogP contribution in [0.1, 0.15) is 26.7 Å². The number of hydrogen-bond donors (Lipinski definition) is 1. The third-order valence-corrected chi connectivity index (χ3v) is 5.23. The highest BCUT2D eigenvalue weighted by atomic mass is 32.2. The van der Waals surface area contributed by atoms with E-state index in [9.17, 15) is 13.2 Å². The summed E-state index contributed by atoms with van der Waals surface area (Å²) in [5.74, 6) is 0.622. The Morgan fingerprint density at radius 1 is 1.26 bits per heavy atom. The average Bonchev–Trinajstić information content (AvgIpc) is 3.00. The minimum Gasteiger partial charge on any atom is -0.454 e. The normalized spacial score (nSPS) is 13.0. The van der Waals surface area contributed by atoms with Gasteiger partial charge >= 0.3 is 0 Å². The van der Waals surface area contributed by atoms with Crippen LogP contribution in [-0.2, 0) is 14.8 Å². The van der Waals surface area contributed by atoms with E-state index in [1.807, 2.05) is 6.92 Å². The van der Waals surface area contributed by atoms with E-state index in [1.165, 1.54) is 0 Å². The van der Waals surface area contributed by atoms with Gasteiger partial charge in [0, 0.05) is 12.6 Å². The van der Waals surface area contributed by atoms with Crippen LogP contribution < -0.4 is 19.1 Å². The zero-order valence-electron chi connectivity index (χ0n) is 13.4. The van der Waals surface area contributed by atoms with E-state index >= 15 is 0 Å². The zero-order valence-corrected chi connectivity index (χ0v) is 14.2. The summed E-state index contributed by atoms with van der Waals surface area (Å²) in [6, 6.07) is 4.83. The van der Waals surface area contributed by atoms with E-state index < -0.39 is 10.0 Å². The molecule has 0 atom stereocenters. The molecule has 0 aromatic heterocycles. The maximum atomic E-state index is 12.3. The van der Waals surface area contributed by atoms with Crippen molar-refractivity contribution in [3.8, 4) is 11.5 Å². The minimum absolute atomic E-state index is 0.0936. The van der Waals surface area contributed by atoms with Crippen molar-refractivity contribution in [1.82, 2.24) is 5.32 Å². The molecule has 1 N–H and O–H groups in total. The van der Waals surface area contributed by atoms with Crippen molar-refractivity contribution in [2.45, 2.75) is 26.7 Å². The quantitative estimate of drug-likeness (QED) is 0.724. The molecule has 0 unspecified atom stereocenters. The molecular weight excluding hydrogens is 320 g/mol. The molecule has 23 heavy (non-hydrogen) atoms. The lowest BCUT2D eigenvalue weighted by Crippen LogP contribution is -2.41.